The Hall–Kier alpha value is -3.67. The number of halogens is 2. The summed E-state index contributed by atoms with van der Waals surface area (Å²) in [5.41, 5.74) is 0.655. The summed E-state index contributed by atoms with van der Waals surface area (Å²) in [6, 6.07) is 11.4. The quantitative estimate of drug-likeness (QED) is 0.363. The third kappa shape index (κ3) is 4.96. The van der Waals surface area contributed by atoms with Gasteiger partial charge in [-0.15, -0.1) is 0 Å². The number of para-hydroxylation sites is 1. The predicted molar refractivity (Wildman–Crippen MR) is 127 cm³/mol. The van der Waals surface area contributed by atoms with Gasteiger partial charge in [0.15, 0.2) is 5.92 Å². The Morgan fingerprint density at radius 3 is 2.18 bits per heavy atom. The number of carbonyl (C=O) groups excluding carboxylic acids is 3. The molecule has 174 valence electrons. The summed E-state index contributed by atoms with van der Waals surface area (Å²) >= 11 is 12.3. The van der Waals surface area contributed by atoms with Crippen LogP contribution in [0, 0.1) is 11.3 Å². The fourth-order valence-electron chi connectivity index (χ4n) is 3.43. The molecule has 0 saturated carbocycles. The van der Waals surface area contributed by atoms with E-state index in [2.05, 4.69) is 10.3 Å². The molecule has 8 nitrogen and oxygen atoms in total. The number of hydrogen-bond donors (Lipinski definition) is 1. The summed E-state index contributed by atoms with van der Waals surface area (Å²) in [5.74, 6) is -3.81. The zero-order valence-electron chi connectivity index (χ0n) is 18.2. The highest BCUT2D eigenvalue weighted by atomic mass is 35.5. The van der Waals surface area contributed by atoms with E-state index in [1.54, 1.807) is 38.1 Å². The number of anilines is 1. The average molecular weight is 500 g/mol. The van der Waals surface area contributed by atoms with Gasteiger partial charge in [0.05, 0.1) is 45.6 Å². The SMILES string of the molecule is CCOC(=O)C(C(=O)OCC)c1c(C#N)cnc2c(NC(=O)c3c(Cl)cccc3Cl)cccc12. The molecule has 0 radical (unpaired) electrons. The minimum absolute atomic E-state index is 0.00349. The maximum Gasteiger partial charge on any atom is 0.324 e. The van der Waals surface area contributed by atoms with Crippen LogP contribution >= 0.6 is 23.2 Å². The van der Waals surface area contributed by atoms with E-state index in [1.165, 1.54) is 18.3 Å². The lowest BCUT2D eigenvalue weighted by molar-refractivity contribution is -0.156. The van der Waals surface area contributed by atoms with Crippen LogP contribution in [0.2, 0.25) is 10.0 Å². The number of rotatable bonds is 7. The Morgan fingerprint density at radius 2 is 1.62 bits per heavy atom. The molecule has 0 fully saturated rings. The number of pyridine rings is 1. The van der Waals surface area contributed by atoms with Gasteiger partial charge < -0.3 is 14.8 Å². The summed E-state index contributed by atoms with van der Waals surface area (Å²) in [6.45, 7) is 3.26. The molecular formula is C24H19Cl2N3O5. The van der Waals surface area contributed by atoms with Crippen molar-refractivity contribution >= 4 is 57.6 Å². The lowest BCUT2D eigenvalue weighted by Gasteiger charge is -2.18. The molecule has 1 aromatic heterocycles. The Bertz CT molecular complexity index is 1280. The van der Waals surface area contributed by atoms with E-state index < -0.39 is 23.8 Å². The molecule has 1 heterocycles. The first-order chi connectivity index (χ1) is 16.3. The highest BCUT2D eigenvalue weighted by Gasteiger charge is 2.35. The molecule has 0 aliphatic rings. The fraction of sp³-hybridized carbons (Fsp3) is 0.208. The van der Waals surface area contributed by atoms with Gasteiger partial charge in [0.2, 0.25) is 0 Å². The van der Waals surface area contributed by atoms with Gasteiger partial charge in [-0.05, 0) is 32.0 Å². The number of esters is 2. The zero-order valence-corrected chi connectivity index (χ0v) is 19.7. The maximum atomic E-state index is 12.9. The van der Waals surface area contributed by atoms with E-state index in [4.69, 9.17) is 32.7 Å². The molecule has 10 heteroatoms. The first-order valence-corrected chi connectivity index (χ1v) is 11.0. The third-order valence-corrected chi connectivity index (χ3v) is 5.46. The van der Waals surface area contributed by atoms with E-state index in [0.717, 1.165) is 0 Å². The van der Waals surface area contributed by atoms with Gasteiger partial charge in [-0.1, -0.05) is 41.4 Å². The van der Waals surface area contributed by atoms with Crippen LogP contribution in [0.25, 0.3) is 10.9 Å². The highest BCUT2D eigenvalue weighted by Crippen LogP contribution is 2.34. The number of carbonyl (C=O) groups is 3. The van der Waals surface area contributed by atoms with Crippen LogP contribution < -0.4 is 5.32 Å². The van der Waals surface area contributed by atoms with E-state index in [9.17, 15) is 19.6 Å². The number of aromatic nitrogens is 1. The number of benzene rings is 2. The first kappa shape index (κ1) is 25.0. The summed E-state index contributed by atoms with van der Waals surface area (Å²) in [4.78, 5) is 42.7. The second-order valence-corrected chi connectivity index (χ2v) is 7.70. The monoisotopic (exact) mass is 499 g/mol. The molecular weight excluding hydrogens is 481 g/mol. The first-order valence-electron chi connectivity index (χ1n) is 10.2. The number of hydrogen-bond acceptors (Lipinski definition) is 7. The Morgan fingerprint density at radius 1 is 1.03 bits per heavy atom. The van der Waals surface area contributed by atoms with Crippen LogP contribution in [0.3, 0.4) is 0 Å². The van der Waals surface area contributed by atoms with E-state index in [-0.39, 0.29) is 51.2 Å². The second kappa shape index (κ2) is 11.0. The van der Waals surface area contributed by atoms with Crippen LogP contribution in [0.15, 0.2) is 42.6 Å². The van der Waals surface area contributed by atoms with Crippen molar-refractivity contribution in [3.63, 3.8) is 0 Å². The third-order valence-electron chi connectivity index (χ3n) is 4.83. The molecule has 3 aromatic rings. The van der Waals surface area contributed by atoms with Crippen LogP contribution in [0.4, 0.5) is 5.69 Å². The molecule has 1 N–H and O–H groups in total. The van der Waals surface area contributed by atoms with Crippen molar-refractivity contribution in [3.05, 3.63) is 69.3 Å². The number of fused-ring (bicyclic) bond motifs is 1. The van der Waals surface area contributed by atoms with Gasteiger partial charge in [0, 0.05) is 17.1 Å². The Kier molecular flexibility index (Phi) is 8.05. The standard InChI is InChI=1S/C24H19Cl2N3O5/c1-3-33-23(31)20(24(32)34-4-2)18-13(11-27)12-28-21-14(18)7-5-10-17(21)29-22(30)19-15(25)8-6-9-16(19)26/h5-10,12,20H,3-4H2,1-2H3,(H,29,30). The van der Waals surface area contributed by atoms with Gasteiger partial charge >= 0.3 is 11.9 Å². The van der Waals surface area contributed by atoms with Crippen molar-refractivity contribution in [2.24, 2.45) is 0 Å². The molecule has 0 aliphatic heterocycles. The average Bonchev–Trinajstić information content (AvgIpc) is 2.80. The molecule has 2 aromatic carbocycles. The summed E-state index contributed by atoms with van der Waals surface area (Å²) in [7, 11) is 0. The van der Waals surface area contributed by atoms with Crippen molar-refractivity contribution in [2.45, 2.75) is 19.8 Å². The van der Waals surface area contributed by atoms with Gasteiger partial charge in [0.1, 0.15) is 6.07 Å². The van der Waals surface area contributed by atoms with Crippen molar-refractivity contribution in [1.29, 1.82) is 5.26 Å². The minimum Gasteiger partial charge on any atom is -0.465 e. The summed E-state index contributed by atoms with van der Waals surface area (Å²) in [5, 5.41) is 13.0. The topological polar surface area (TPSA) is 118 Å². The lowest BCUT2D eigenvalue weighted by atomic mass is 9.91. The molecule has 1 amide bonds. The largest absolute Gasteiger partial charge is 0.465 e. The van der Waals surface area contributed by atoms with Crippen molar-refractivity contribution < 1.29 is 23.9 Å². The van der Waals surface area contributed by atoms with Crippen LogP contribution in [0.5, 0.6) is 0 Å². The van der Waals surface area contributed by atoms with Gasteiger partial charge in [0.25, 0.3) is 5.91 Å². The Labute approximate surface area is 205 Å². The molecule has 0 spiro atoms. The van der Waals surface area contributed by atoms with Gasteiger partial charge in [-0.25, -0.2) is 0 Å². The fourth-order valence-corrected chi connectivity index (χ4v) is 4.00. The molecule has 0 atom stereocenters. The minimum atomic E-state index is -1.51. The van der Waals surface area contributed by atoms with E-state index >= 15 is 0 Å². The lowest BCUT2D eigenvalue weighted by Crippen LogP contribution is -2.27. The molecule has 0 unspecified atom stereocenters. The van der Waals surface area contributed by atoms with Crippen LogP contribution in [-0.2, 0) is 19.1 Å². The van der Waals surface area contributed by atoms with Crippen molar-refractivity contribution in [1.82, 2.24) is 4.98 Å². The summed E-state index contributed by atoms with van der Waals surface area (Å²) in [6.07, 6.45) is 1.22. The second-order valence-electron chi connectivity index (χ2n) is 6.89. The van der Waals surface area contributed by atoms with Crippen LogP contribution in [-0.4, -0.2) is 36.0 Å². The number of ether oxygens (including phenoxy) is 2. The maximum absolute atomic E-state index is 12.9. The summed E-state index contributed by atoms with van der Waals surface area (Å²) < 4.78 is 10.2. The van der Waals surface area contributed by atoms with Crippen molar-refractivity contribution in [2.75, 3.05) is 18.5 Å². The number of nitrogens with one attached hydrogen (secondary N) is 1. The molecule has 3 rings (SSSR count). The highest BCUT2D eigenvalue weighted by molar-refractivity contribution is 6.40. The molecule has 34 heavy (non-hydrogen) atoms. The molecule has 0 saturated heterocycles. The van der Waals surface area contributed by atoms with Crippen LogP contribution in [0.1, 0.15) is 41.3 Å². The Balaban J connectivity index is 2.18. The van der Waals surface area contributed by atoms with E-state index in [0.29, 0.717) is 5.39 Å². The van der Waals surface area contributed by atoms with Crippen molar-refractivity contribution in [3.8, 4) is 6.07 Å². The van der Waals surface area contributed by atoms with Gasteiger partial charge in [-0.2, -0.15) is 5.26 Å². The number of amides is 1. The number of nitrogens with zero attached hydrogens (tertiary/aromatic N) is 2. The zero-order chi connectivity index (χ0) is 24.8. The normalized spacial score (nSPS) is 10.6. The number of nitriles is 1. The predicted octanol–water partition coefficient (Wildman–Crippen LogP) is 4.88. The van der Waals surface area contributed by atoms with E-state index in [1.807, 2.05) is 6.07 Å². The molecule has 0 bridgehead atoms. The smallest absolute Gasteiger partial charge is 0.324 e. The van der Waals surface area contributed by atoms with Gasteiger partial charge in [-0.3, -0.25) is 19.4 Å². The molecule has 0 aliphatic carbocycles.